The molecule has 5 atom stereocenters. The fourth-order valence-electron chi connectivity index (χ4n) is 1.75. The third-order valence-electron chi connectivity index (χ3n) is 2.81. The van der Waals surface area contributed by atoms with Crippen molar-refractivity contribution in [2.24, 2.45) is 0 Å². The van der Waals surface area contributed by atoms with E-state index in [0.29, 0.717) is 0 Å². The predicted molar refractivity (Wildman–Crippen MR) is 59.9 cm³/mol. The van der Waals surface area contributed by atoms with Crippen LogP contribution in [0.3, 0.4) is 0 Å². The topological polar surface area (TPSA) is 169 Å². The van der Waals surface area contributed by atoms with Crippen molar-refractivity contribution in [1.82, 2.24) is 0 Å². The van der Waals surface area contributed by atoms with Crippen molar-refractivity contribution in [3.05, 3.63) is 0 Å². The van der Waals surface area contributed by atoms with Crippen LogP contribution in [-0.2, 0) is 14.2 Å². The first kappa shape index (κ1) is 17.7. The summed E-state index contributed by atoms with van der Waals surface area (Å²) < 4.78 is 14.8. The van der Waals surface area contributed by atoms with Crippen molar-refractivity contribution >= 4 is 0 Å². The lowest BCUT2D eigenvalue weighted by molar-refractivity contribution is -0.482. The Labute approximate surface area is 114 Å². The fourth-order valence-corrected chi connectivity index (χ4v) is 1.75. The molecule has 0 amide bonds. The van der Waals surface area contributed by atoms with E-state index in [9.17, 15) is 15.3 Å². The van der Waals surface area contributed by atoms with Gasteiger partial charge in [-0.25, -0.2) is 0 Å². The second-order valence-corrected chi connectivity index (χ2v) is 4.34. The highest BCUT2D eigenvalue weighted by atomic mass is 16.8. The van der Waals surface area contributed by atoms with Crippen molar-refractivity contribution in [1.29, 1.82) is 0 Å². The zero-order chi connectivity index (χ0) is 15.4. The maximum absolute atomic E-state index is 10.0. The average molecular weight is 300 g/mol. The van der Waals surface area contributed by atoms with Crippen molar-refractivity contribution in [3.8, 4) is 0 Å². The molecule has 5 unspecified atom stereocenters. The van der Waals surface area contributed by atoms with Gasteiger partial charge in [0.05, 0.1) is 26.4 Å². The second-order valence-electron chi connectivity index (χ2n) is 4.34. The normalized spacial score (nSPS) is 39.8. The Bertz CT molecular complexity index is 302. The van der Waals surface area contributed by atoms with E-state index in [1.165, 1.54) is 0 Å². The molecule has 1 heterocycles. The molecular weight excluding hydrogens is 280 g/mol. The highest BCUT2D eigenvalue weighted by molar-refractivity contribution is 4.92. The summed E-state index contributed by atoms with van der Waals surface area (Å²) in [4.78, 5) is 0. The Balaban J connectivity index is 2.98. The lowest BCUT2D eigenvalue weighted by Gasteiger charge is -2.49. The lowest BCUT2D eigenvalue weighted by atomic mass is 10.0. The summed E-state index contributed by atoms with van der Waals surface area (Å²) in [5.41, 5.74) is 0. The zero-order valence-electron chi connectivity index (χ0n) is 10.6. The van der Waals surface area contributed by atoms with Crippen molar-refractivity contribution in [3.63, 3.8) is 0 Å². The van der Waals surface area contributed by atoms with Gasteiger partial charge in [0.25, 0.3) is 0 Å². The molecular formula is C10H20O10. The molecule has 1 aliphatic rings. The molecule has 0 aromatic rings. The Morgan fingerprint density at radius 1 is 1.00 bits per heavy atom. The third-order valence-corrected chi connectivity index (χ3v) is 2.81. The molecule has 0 aromatic carbocycles. The quantitative estimate of drug-likeness (QED) is 0.243. The summed E-state index contributed by atoms with van der Waals surface area (Å²) in [7, 11) is 0. The summed E-state index contributed by atoms with van der Waals surface area (Å²) in [6, 6.07) is 0. The maximum atomic E-state index is 10.0. The van der Waals surface area contributed by atoms with Gasteiger partial charge >= 0.3 is 0 Å². The summed E-state index contributed by atoms with van der Waals surface area (Å²) in [5, 5.41) is 65.4. The minimum Gasteiger partial charge on any atom is -0.394 e. The molecule has 1 saturated heterocycles. The van der Waals surface area contributed by atoms with E-state index in [1.54, 1.807) is 0 Å². The first-order valence-electron chi connectivity index (χ1n) is 5.90. The fraction of sp³-hybridized carbons (Fsp3) is 1.00. The number of aliphatic hydroxyl groups excluding tert-OH is 5. The first-order valence-corrected chi connectivity index (χ1v) is 5.90. The van der Waals surface area contributed by atoms with Gasteiger partial charge in [-0.15, -0.1) is 0 Å². The number of ether oxygens (including phenoxy) is 3. The van der Waals surface area contributed by atoms with Crippen LogP contribution in [0.1, 0.15) is 0 Å². The number of hydrogen-bond donors (Lipinski definition) is 7. The van der Waals surface area contributed by atoms with Crippen molar-refractivity contribution in [2.45, 2.75) is 30.1 Å². The molecule has 1 rings (SSSR count). The minimum absolute atomic E-state index is 0.301. The predicted octanol–water partition coefficient (Wildman–Crippen LogP) is -4.55. The van der Waals surface area contributed by atoms with E-state index < -0.39 is 56.5 Å². The molecule has 0 aliphatic carbocycles. The lowest BCUT2D eigenvalue weighted by Crippen LogP contribution is -2.70. The molecule has 120 valence electrons. The molecule has 0 aromatic heterocycles. The molecule has 10 heteroatoms. The highest BCUT2D eigenvalue weighted by Crippen LogP contribution is 2.35. The average Bonchev–Trinajstić information content (AvgIpc) is 2.47. The van der Waals surface area contributed by atoms with E-state index in [4.69, 9.17) is 34.6 Å². The van der Waals surface area contributed by atoms with Gasteiger partial charge in [-0.1, -0.05) is 0 Å². The summed E-state index contributed by atoms with van der Waals surface area (Å²) in [5.74, 6) is -4.92. The maximum Gasteiger partial charge on any atom is 0.242 e. The Hall–Kier alpha value is -0.400. The van der Waals surface area contributed by atoms with Gasteiger partial charge in [0, 0.05) is 0 Å². The third kappa shape index (κ3) is 3.43. The summed E-state index contributed by atoms with van der Waals surface area (Å²) in [6.45, 7) is -3.62. The molecule has 20 heavy (non-hydrogen) atoms. The number of hydrogen-bond acceptors (Lipinski definition) is 10. The van der Waals surface area contributed by atoms with Crippen LogP contribution in [0.4, 0.5) is 0 Å². The van der Waals surface area contributed by atoms with Gasteiger partial charge < -0.3 is 50.0 Å². The zero-order valence-corrected chi connectivity index (χ0v) is 10.6. The van der Waals surface area contributed by atoms with Gasteiger partial charge in [0.15, 0.2) is 0 Å². The Morgan fingerprint density at radius 2 is 1.60 bits per heavy atom. The van der Waals surface area contributed by atoms with E-state index in [-0.39, 0.29) is 6.61 Å². The molecule has 0 saturated carbocycles. The van der Waals surface area contributed by atoms with Gasteiger partial charge in [-0.2, -0.15) is 0 Å². The molecule has 0 spiro atoms. The second kappa shape index (κ2) is 7.04. The number of rotatable bonds is 7. The Kier molecular flexibility index (Phi) is 6.22. The molecule has 0 radical (unpaired) electrons. The van der Waals surface area contributed by atoms with Crippen LogP contribution < -0.4 is 0 Å². The largest absolute Gasteiger partial charge is 0.394 e. The van der Waals surface area contributed by atoms with Crippen LogP contribution in [0.5, 0.6) is 0 Å². The summed E-state index contributed by atoms with van der Waals surface area (Å²) in [6.07, 6.45) is -5.15. The monoisotopic (exact) mass is 300 g/mol. The first-order chi connectivity index (χ1) is 9.36. The number of aliphatic hydroxyl groups is 7. The molecule has 1 fully saturated rings. The van der Waals surface area contributed by atoms with Crippen LogP contribution in [0.2, 0.25) is 0 Å². The molecule has 10 nitrogen and oxygen atoms in total. The van der Waals surface area contributed by atoms with E-state index in [2.05, 4.69) is 0 Å². The van der Waals surface area contributed by atoms with Crippen molar-refractivity contribution < 1.29 is 50.0 Å². The Morgan fingerprint density at radius 3 is 2.05 bits per heavy atom. The van der Waals surface area contributed by atoms with E-state index >= 15 is 0 Å². The van der Waals surface area contributed by atoms with Crippen LogP contribution in [0.15, 0.2) is 0 Å². The van der Waals surface area contributed by atoms with Crippen LogP contribution >= 0.6 is 0 Å². The van der Waals surface area contributed by atoms with Gasteiger partial charge in [-0.3, -0.25) is 0 Å². The molecule has 7 N–H and O–H groups in total. The highest BCUT2D eigenvalue weighted by Gasteiger charge is 2.58. The van der Waals surface area contributed by atoms with Gasteiger partial charge in [0.2, 0.25) is 17.9 Å². The molecule has 0 bridgehead atoms. The van der Waals surface area contributed by atoms with Crippen molar-refractivity contribution in [2.75, 3.05) is 33.0 Å². The van der Waals surface area contributed by atoms with E-state index in [0.717, 1.165) is 0 Å². The minimum atomic E-state index is -2.47. The van der Waals surface area contributed by atoms with Crippen LogP contribution in [0.25, 0.3) is 0 Å². The van der Waals surface area contributed by atoms with Gasteiger partial charge in [-0.05, 0) is 0 Å². The molecule has 1 aliphatic heterocycles. The smallest absolute Gasteiger partial charge is 0.242 e. The van der Waals surface area contributed by atoms with Gasteiger partial charge in [0.1, 0.15) is 18.8 Å². The van der Waals surface area contributed by atoms with E-state index in [1.807, 2.05) is 0 Å². The summed E-state index contributed by atoms with van der Waals surface area (Å²) >= 11 is 0. The van der Waals surface area contributed by atoms with Crippen LogP contribution in [-0.4, -0.2) is 98.9 Å². The SMILES string of the molecule is OCCOC1OC(O)(CO)C(C(O)CO)OC1(O)CO. The standard InChI is InChI=1S/C10H20O10/c11-1-2-18-8-10(17,5-14)19-7(6(15)3-12)9(16,4-13)20-8/h6-8,11-17H,1-5H2. The van der Waals surface area contributed by atoms with Crippen LogP contribution in [0, 0.1) is 0 Å².